The fourth-order valence-electron chi connectivity index (χ4n) is 7.26. The minimum absolute atomic E-state index is 0.137. The summed E-state index contributed by atoms with van der Waals surface area (Å²) in [5.41, 5.74) is 5.81. The predicted octanol–water partition coefficient (Wildman–Crippen LogP) is 10.1. The van der Waals surface area contributed by atoms with Crippen LogP contribution >= 0.6 is 15.9 Å². The zero-order valence-corrected chi connectivity index (χ0v) is 32.2. The molecule has 0 aromatic heterocycles. The summed E-state index contributed by atoms with van der Waals surface area (Å²) < 4.78 is 12.0. The lowest BCUT2D eigenvalue weighted by Gasteiger charge is -2.41. The van der Waals surface area contributed by atoms with Gasteiger partial charge < -0.3 is 14.6 Å². The second kappa shape index (κ2) is 17.5. The van der Waals surface area contributed by atoms with Gasteiger partial charge in [0.2, 0.25) is 0 Å². The molecule has 5 aromatic carbocycles. The van der Waals surface area contributed by atoms with Gasteiger partial charge in [-0.2, -0.15) is 0 Å². The molecule has 1 saturated heterocycles. The zero-order valence-electron chi connectivity index (χ0n) is 30.6. The van der Waals surface area contributed by atoms with E-state index in [1.54, 1.807) is 0 Å². The lowest BCUT2D eigenvalue weighted by molar-refractivity contribution is -0.157. The molecular formula is C46H48BrNO5. The first-order valence-corrected chi connectivity index (χ1v) is 19.4. The Kier molecular flexibility index (Phi) is 12.6. The number of halogens is 1. The molecule has 1 unspecified atom stereocenters. The Bertz CT molecular complexity index is 1950. The summed E-state index contributed by atoms with van der Waals surface area (Å²) in [6, 6.07) is 45.0. The minimum atomic E-state index is -0.942. The van der Waals surface area contributed by atoms with Gasteiger partial charge in [0, 0.05) is 13.1 Å². The number of carbonyl (C=O) groups excluding carboxylic acids is 2. The van der Waals surface area contributed by atoms with E-state index in [1.807, 2.05) is 129 Å². The Labute approximate surface area is 321 Å². The molecule has 7 heteroatoms. The monoisotopic (exact) mass is 773 g/mol. The molecule has 1 aliphatic rings. The van der Waals surface area contributed by atoms with Crippen LogP contribution in [0.1, 0.15) is 102 Å². The number of ether oxygens (including phenoxy) is 2. The van der Waals surface area contributed by atoms with E-state index in [4.69, 9.17) is 9.47 Å². The number of hydrogen-bond donors (Lipinski definition) is 1. The Morgan fingerprint density at radius 3 is 1.81 bits per heavy atom. The average molecular weight is 775 g/mol. The van der Waals surface area contributed by atoms with E-state index in [2.05, 4.69) is 52.0 Å². The van der Waals surface area contributed by atoms with Crippen LogP contribution in [0.4, 0.5) is 0 Å². The van der Waals surface area contributed by atoms with Crippen LogP contribution in [0.5, 0.6) is 0 Å². The second-order valence-corrected chi connectivity index (χ2v) is 15.1. The van der Waals surface area contributed by atoms with E-state index in [1.165, 1.54) is 0 Å². The van der Waals surface area contributed by atoms with Gasteiger partial charge in [-0.1, -0.05) is 162 Å². The predicted molar refractivity (Wildman–Crippen MR) is 212 cm³/mol. The number of piperidine rings is 1. The third kappa shape index (κ3) is 9.52. The minimum Gasteiger partial charge on any atom is -0.457 e. The molecule has 1 heterocycles. The molecule has 1 aliphatic heterocycles. The van der Waals surface area contributed by atoms with Crippen LogP contribution in [0.3, 0.4) is 0 Å². The van der Waals surface area contributed by atoms with Gasteiger partial charge in [-0.15, -0.1) is 0 Å². The number of aliphatic hydroxyl groups is 1. The van der Waals surface area contributed by atoms with Crippen molar-refractivity contribution in [3.63, 3.8) is 0 Å². The first kappa shape index (κ1) is 38.2. The molecule has 0 aliphatic carbocycles. The van der Waals surface area contributed by atoms with E-state index in [0.29, 0.717) is 25.9 Å². The van der Waals surface area contributed by atoms with Crippen LogP contribution in [0, 0.1) is 0 Å². The van der Waals surface area contributed by atoms with Gasteiger partial charge in [-0.05, 0) is 78.0 Å². The van der Waals surface area contributed by atoms with Crippen molar-refractivity contribution < 1.29 is 24.2 Å². The van der Waals surface area contributed by atoms with Gasteiger partial charge in [-0.25, -0.2) is 4.79 Å². The number of alkyl halides is 1. The maximum Gasteiger partial charge on any atom is 0.328 e. The lowest BCUT2D eigenvalue weighted by Crippen LogP contribution is -2.46. The molecular weight excluding hydrogens is 726 g/mol. The smallest absolute Gasteiger partial charge is 0.328 e. The molecule has 0 radical (unpaired) electrons. The normalized spacial score (nSPS) is 17.2. The lowest BCUT2D eigenvalue weighted by atomic mass is 9.83. The molecule has 0 bridgehead atoms. The number of nitrogens with zero attached hydrogens (tertiary/aromatic N) is 1. The number of carbonyl (C=O) groups is 2. The van der Waals surface area contributed by atoms with Crippen LogP contribution in [0.15, 0.2) is 140 Å². The Hall–Kier alpha value is -4.56. The summed E-state index contributed by atoms with van der Waals surface area (Å²) >= 11 is 3.49. The second-order valence-electron chi connectivity index (χ2n) is 14.2. The number of hydrogen-bond acceptors (Lipinski definition) is 6. The molecule has 53 heavy (non-hydrogen) atoms. The summed E-state index contributed by atoms with van der Waals surface area (Å²) in [5.74, 6) is -0.494. The van der Waals surface area contributed by atoms with Crippen LogP contribution in [-0.4, -0.2) is 35.0 Å². The highest BCUT2D eigenvalue weighted by atomic mass is 79.9. The van der Waals surface area contributed by atoms with Crippen molar-refractivity contribution in [2.24, 2.45) is 0 Å². The Balaban J connectivity index is 1.18. The molecule has 5 atom stereocenters. The van der Waals surface area contributed by atoms with Crippen molar-refractivity contribution in [1.29, 1.82) is 0 Å². The fourth-order valence-corrected chi connectivity index (χ4v) is 7.67. The maximum absolute atomic E-state index is 14.2. The van der Waals surface area contributed by atoms with Crippen LogP contribution < -0.4 is 0 Å². The molecule has 5 aromatic rings. The Morgan fingerprint density at radius 2 is 1.15 bits per heavy atom. The molecule has 0 saturated carbocycles. The highest BCUT2D eigenvalue weighted by Gasteiger charge is 2.39. The van der Waals surface area contributed by atoms with Crippen molar-refractivity contribution in [3.8, 4) is 0 Å². The van der Waals surface area contributed by atoms with Crippen molar-refractivity contribution in [2.45, 2.75) is 74.6 Å². The van der Waals surface area contributed by atoms with Gasteiger partial charge in [0.1, 0.15) is 23.1 Å². The van der Waals surface area contributed by atoms with E-state index >= 15 is 0 Å². The third-order valence-electron chi connectivity index (χ3n) is 10.4. The summed E-state index contributed by atoms with van der Waals surface area (Å²) in [6.45, 7) is 7.08. The topological polar surface area (TPSA) is 76.1 Å². The third-order valence-corrected chi connectivity index (χ3v) is 11.3. The SMILES string of the molecule is C[C@H](OC(=O)C(Br)c1ccccc1)c1cccc(C[C@H](C)c2cccc([C@H](C(=O)O[C@@H](C)c3ccccc3)N3CCC(O)(c4ccccc4)CC3)c2)c1. The number of likely N-dealkylation sites (tertiary alicyclic amines) is 1. The van der Waals surface area contributed by atoms with Gasteiger partial charge in [0.05, 0.1) is 5.60 Å². The fraction of sp³-hybridized carbons (Fsp3) is 0.304. The van der Waals surface area contributed by atoms with Gasteiger partial charge in [-0.3, -0.25) is 9.69 Å². The van der Waals surface area contributed by atoms with Gasteiger partial charge in [0.25, 0.3) is 0 Å². The van der Waals surface area contributed by atoms with E-state index in [-0.39, 0.29) is 17.9 Å². The van der Waals surface area contributed by atoms with E-state index in [0.717, 1.165) is 45.4 Å². The molecule has 1 fully saturated rings. The van der Waals surface area contributed by atoms with Crippen molar-refractivity contribution in [3.05, 3.63) is 178 Å². The van der Waals surface area contributed by atoms with Crippen molar-refractivity contribution in [2.75, 3.05) is 13.1 Å². The summed E-state index contributed by atoms with van der Waals surface area (Å²) in [7, 11) is 0. The number of benzene rings is 5. The first-order valence-electron chi connectivity index (χ1n) is 18.5. The van der Waals surface area contributed by atoms with Crippen molar-refractivity contribution in [1.82, 2.24) is 4.90 Å². The molecule has 0 spiro atoms. The summed E-state index contributed by atoms with van der Waals surface area (Å²) in [4.78, 5) is 28.7. The number of rotatable bonds is 13. The maximum atomic E-state index is 14.2. The quantitative estimate of drug-likeness (QED) is 0.0949. The van der Waals surface area contributed by atoms with Crippen molar-refractivity contribution >= 4 is 27.9 Å². The van der Waals surface area contributed by atoms with Crippen LogP contribution in [-0.2, 0) is 31.1 Å². The largest absolute Gasteiger partial charge is 0.457 e. The average Bonchev–Trinajstić information content (AvgIpc) is 3.19. The van der Waals surface area contributed by atoms with Crippen LogP contribution in [0.25, 0.3) is 0 Å². The van der Waals surface area contributed by atoms with Crippen LogP contribution in [0.2, 0.25) is 0 Å². The number of esters is 2. The zero-order chi connectivity index (χ0) is 37.4. The standard InChI is InChI=1S/C46H48BrNO5/c1-32(29-35-15-13-21-39(30-35)34(3)52-44(49)42(47)37-18-9-5-10-19-37)38-20-14-22-40(31-38)43(45(50)53-33(2)36-16-7-4-8-17-36)48-27-25-46(51,26-28-48)41-23-11-6-12-24-41/h4-24,30-34,42-43,51H,25-29H2,1-3H3/t32-,33-,34-,42?,43+/m0/s1. The Morgan fingerprint density at radius 1 is 0.642 bits per heavy atom. The van der Waals surface area contributed by atoms with E-state index in [9.17, 15) is 14.7 Å². The molecule has 274 valence electrons. The van der Waals surface area contributed by atoms with E-state index < -0.39 is 28.7 Å². The summed E-state index contributed by atoms with van der Waals surface area (Å²) in [6.07, 6.45) is 0.956. The molecule has 1 N–H and O–H groups in total. The summed E-state index contributed by atoms with van der Waals surface area (Å²) in [5, 5.41) is 11.6. The molecule has 6 nitrogen and oxygen atoms in total. The molecule has 0 amide bonds. The highest BCUT2D eigenvalue weighted by molar-refractivity contribution is 9.09. The van der Waals surface area contributed by atoms with Gasteiger partial charge in [0.15, 0.2) is 0 Å². The van der Waals surface area contributed by atoms with Gasteiger partial charge >= 0.3 is 11.9 Å². The highest BCUT2D eigenvalue weighted by Crippen LogP contribution is 2.38. The first-order chi connectivity index (χ1) is 25.6. The molecule has 6 rings (SSSR count).